The highest BCUT2D eigenvalue weighted by molar-refractivity contribution is 5.84. The molecule has 0 radical (unpaired) electrons. The fraction of sp³-hybridized carbons (Fsp3) is 0.273. The highest BCUT2D eigenvalue weighted by atomic mass is 14.2. The molecule has 0 aliphatic heterocycles. The van der Waals surface area contributed by atoms with Gasteiger partial charge < -0.3 is 0 Å². The average Bonchev–Trinajstić information content (AvgIpc) is 2.76. The maximum Gasteiger partial charge on any atom is -0.0181 e. The summed E-state index contributed by atoms with van der Waals surface area (Å²) in [6.45, 7) is 0. The van der Waals surface area contributed by atoms with Crippen LogP contribution in [0.1, 0.15) is 29.5 Å². The van der Waals surface area contributed by atoms with Crippen LogP contribution in [0.25, 0.3) is 10.8 Å². The third-order valence-corrected chi connectivity index (χ3v) is 5.08. The van der Waals surface area contributed by atoms with Crippen molar-refractivity contribution in [3.8, 4) is 0 Å². The van der Waals surface area contributed by atoms with Gasteiger partial charge in [-0.05, 0) is 65.5 Å². The van der Waals surface area contributed by atoms with E-state index in [0.717, 1.165) is 5.92 Å². The summed E-state index contributed by atoms with van der Waals surface area (Å²) in [7, 11) is 0. The van der Waals surface area contributed by atoms with Gasteiger partial charge in [-0.25, -0.2) is 0 Å². The summed E-state index contributed by atoms with van der Waals surface area (Å²) in [6, 6.07) is 24.6. The molecule has 0 bridgehead atoms. The van der Waals surface area contributed by atoms with E-state index in [1.807, 2.05) is 0 Å². The standard InChI is InChI=1S/C22H22/c1-2-6-17(7-3-1)14-18-10-12-21-15-19-8-4-5-9-20(19)16-22(21)13-11-18/h1-9,15-16,18H,10-14H2. The van der Waals surface area contributed by atoms with Gasteiger partial charge >= 0.3 is 0 Å². The van der Waals surface area contributed by atoms with Crippen molar-refractivity contribution in [2.24, 2.45) is 5.92 Å². The van der Waals surface area contributed by atoms with Gasteiger partial charge in [0, 0.05) is 0 Å². The molecule has 0 unspecified atom stereocenters. The molecule has 0 amide bonds. The van der Waals surface area contributed by atoms with E-state index in [0.29, 0.717) is 0 Å². The molecular formula is C22H22. The van der Waals surface area contributed by atoms with Gasteiger partial charge in [0.1, 0.15) is 0 Å². The SMILES string of the molecule is c1ccc(CC2CCc3cc4ccccc4cc3CC2)cc1. The van der Waals surface area contributed by atoms with Gasteiger partial charge in [-0.15, -0.1) is 0 Å². The van der Waals surface area contributed by atoms with Gasteiger partial charge in [0.25, 0.3) is 0 Å². The predicted octanol–water partition coefficient (Wildman–Crippen LogP) is 5.58. The molecule has 3 aromatic rings. The van der Waals surface area contributed by atoms with Crippen molar-refractivity contribution in [2.75, 3.05) is 0 Å². The van der Waals surface area contributed by atoms with Gasteiger partial charge in [0.15, 0.2) is 0 Å². The van der Waals surface area contributed by atoms with E-state index in [2.05, 4.69) is 66.7 Å². The Labute approximate surface area is 132 Å². The molecule has 0 fully saturated rings. The highest BCUT2D eigenvalue weighted by Gasteiger charge is 2.17. The molecule has 3 aromatic carbocycles. The molecule has 0 saturated carbocycles. The Balaban J connectivity index is 1.56. The molecule has 0 heteroatoms. The van der Waals surface area contributed by atoms with Gasteiger partial charge in [0.05, 0.1) is 0 Å². The number of hydrogen-bond donors (Lipinski definition) is 0. The first-order chi connectivity index (χ1) is 10.9. The van der Waals surface area contributed by atoms with Crippen molar-refractivity contribution in [1.82, 2.24) is 0 Å². The second-order valence-electron chi connectivity index (χ2n) is 6.60. The first kappa shape index (κ1) is 13.6. The summed E-state index contributed by atoms with van der Waals surface area (Å²) in [5.41, 5.74) is 4.65. The minimum Gasteiger partial charge on any atom is -0.0622 e. The van der Waals surface area contributed by atoms with Crippen LogP contribution >= 0.6 is 0 Å². The zero-order chi connectivity index (χ0) is 14.8. The summed E-state index contributed by atoms with van der Waals surface area (Å²) in [5, 5.41) is 2.78. The third-order valence-electron chi connectivity index (χ3n) is 5.08. The maximum atomic E-state index is 2.43. The van der Waals surface area contributed by atoms with E-state index in [1.54, 1.807) is 11.1 Å². The Morgan fingerprint density at radius 1 is 0.682 bits per heavy atom. The number of aryl methyl sites for hydroxylation is 2. The van der Waals surface area contributed by atoms with E-state index in [4.69, 9.17) is 0 Å². The second kappa shape index (κ2) is 5.96. The summed E-state index contributed by atoms with van der Waals surface area (Å²) in [6.07, 6.45) is 6.34. The summed E-state index contributed by atoms with van der Waals surface area (Å²) < 4.78 is 0. The Kier molecular flexibility index (Phi) is 3.68. The first-order valence-electron chi connectivity index (χ1n) is 8.43. The van der Waals surface area contributed by atoms with Crippen molar-refractivity contribution >= 4 is 10.8 Å². The molecule has 0 N–H and O–H groups in total. The zero-order valence-corrected chi connectivity index (χ0v) is 13.0. The quantitative estimate of drug-likeness (QED) is 0.540. The molecule has 1 aliphatic rings. The lowest BCUT2D eigenvalue weighted by atomic mass is 9.92. The molecule has 0 aromatic heterocycles. The molecule has 0 saturated heterocycles. The van der Waals surface area contributed by atoms with Crippen molar-refractivity contribution in [2.45, 2.75) is 32.1 Å². The Hall–Kier alpha value is -2.08. The smallest absolute Gasteiger partial charge is 0.0181 e. The molecule has 22 heavy (non-hydrogen) atoms. The predicted molar refractivity (Wildman–Crippen MR) is 94.2 cm³/mol. The van der Waals surface area contributed by atoms with E-state index >= 15 is 0 Å². The second-order valence-corrected chi connectivity index (χ2v) is 6.60. The third kappa shape index (κ3) is 2.78. The van der Waals surface area contributed by atoms with E-state index < -0.39 is 0 Å². The lowest BCUT2D eigenvalue weighted by Gasteiger charge is -2.13. The lowest BCUT2D eigenvalue weighted by Crippen LogP contribution is -2.04. The van der Waals surface area contributed by atoms with E-state index in [9.17, 15) is 0 Å². The average molecular weight is 286 g/mol. The molecule has 4 rings (SSSR count). The Morgan fingerprint density at radius 3 is 1.82 bits per heavy atom. The van der Waals surface area contributed by atoms with Crippen molar-refractivity contribution < 1.29 is 0 Å². The lowest BCUT2D eigenvalue weighted by molar-refractivity contribution is 0.462. The molecule has 0 atom stereocenters. The van der Waals surface area contributed by atoms with Gasteiger partial charge in [-0.2, -0.15) is 0 Å². The maximum absolute atomic E-state index is 2.43. The van der Waals surface area contributed by atoms with Crippen LogP contribution in [0.15, 0.2) is 66.7 Å². The Morgan fingerprint density at radius 2 is 1.23 bits per heavy atom. The van der Waals surface area contributed by atoms with Crippen molar-refractivity contribution in [3.05, 3.63) is 83.4 Å². The fourth-order valence-corrected chi connectivity index (χ4v) is 3.82. The minimum atomic E-state index is 0.818. The van der Waals surface area contributed by atoms with Crippen LogP contribution < -0.4 is 0 Å². The van der Waals surface area contributed by atoms with Crippen LogP contribution in [-0.4, -0.2) is 0 Å². The van der Waals surface area contributed by atoms with E-state index in [1.165, 1.54) is 48.4 Å². The monoisotopic (exact) mass is 286 g/mol. The van der Waals surface area contributed by atoms with Crippen molar-refractivity contribution in [3.63, 3.8) is 0 Å². The number of hydrogen-bond acceptors (Lipinski definition) is 0. The summed E-state index contributed by atoms with van der Waals surface area (Å²) in [5.74, 6) is 0.818. The summed E-state index contributed by atoms with van der Waals surface area (Å²) in [4.78, 5) is 0. The molecule has 0 nitrogen and oxygen atoms in total. The first-order valence-corrected chi connectivity index (χ1v) is 8.43. The number of rotatable bonds is 2. The van der Waals surface area contributed by atoms with Crippen LogP contribution in [-0.2, 0) is 19.3 Å². The minimum absolute atomic E-state index is 0.818. The largest absolute Gasteiger partial charge is 0.0622 e. The van der Waals surface area contributed by atoms with E-state index in [-0.39, 0.29) is 0 Å². The fourth-order valence-electron chi connectivity index (χ4n) is 3.82. The molecule has 0 heterocycles. The topological polar surface area (TPSA) is 0 Å². The van der Waals surface area contributed by atoms with Crippen LogP contribution in [0.4, 0.5) is 0 Å². The molecular weight excluding hydrogens is 264 g/mol. The van der Waals surface area contributed by atoms with Crippen molar-refractivity contribution in [1.29, 1.82) is 0 Å². The van der Waals surface area contributed by atoms with Crippen LogP contribution in [0.3, 0.4) is 0 Å². The molecule has 1 aliphatic carbocycles. The Bertz CT molecular complexity index is 724. The highest BCUT2D eigenvalue weighted by Crippen LogP contribution is 2.30. The van der Waals surface area contributed by atoms with Gasteiger partial charge in [-0.3, -0.25) is 0 Å². The molecule has 0 spiro atoms. The molecule has 110 valence electrons. The number of fused-ring (bicyclic) bond motifs is 2. The van der Waals surface area contributed by atoms with Crippen LogP contribution in [0.5, 0.6) is 0 Å². The van der Waals surface area contributed by atoms with Gasteiger partial charge in [-0.1, -0.05) is 66.7 Å². The number of benzene rings is 3. The van der Waals surface area contributed by atoms with Crippen LogP contribution in [0, 0.1) is 5.92 Å². The summed E-state index contributed by atoms with van der Waals surface area (Å²) >= 11 is 0. The van der Waals surface area contributed by atoms with Crippen LogP contribution in [0.2, 0.25) is 0 Å². The normalized spacial score (nSPS) is 15.5. The van der Waals surface area contributed by atoms with Gasteiger partial charge in [0.2, 0.25) is 0 Å². The zero-order valence-electron chi connectivity index (χ0n) is 13.0.